The second-order valence-electron chi connectivity index (χ2n) is 0.513. The topological polar surface area (TPSA) is 77.8 Å². The Bertz CT molecular complexity index is 57.8. The molecule has 0 aliphatic heterocycles. The minimum absolute atomic E-state index is 0. The van der Waals surface area contributed by atoms with Gasteiger partial charge in [0.05, 0.1) is 0 Å². The molecule has 0 aliphatic rings. The van der Waals surface area contributed by atoms with Crippen molar-refractivity contribution in [2.75, 3.05) is 0 Å². The normalized spacial score (nSPS) is 8.43. The van der Waals surface area contributed by atoms with E-state index in [0.717, 1.165) is 0 Å². The predicted octanol–water partition coefficient (Wildman–Crippen LogP) is -1.58. The van der Waals surface area contributed by atoms with Crippen LogP contribution in [0.1, 0.15) is 0 Å². The molecule has 7 heteroatoms. The van der Waals surface area contributed by atoms with E-state index in [0.29, 0.717) is 0 Å². The van der Waals surface area contributed by atoms with Crippen molar-refractivity contribution in [1.82, 2.24) is 0 Å². The summed E-state index contributed by atoms with van der Waals surface area (Å²) in [6, 6.07) is 0. The fourth-order valence-corrected chi connectivity index (χ4v) is 0. The predicted molar refractivity (Wildman–Crippen MR) is 21.4 cm³/mol. The maximum atomic E-state index is 8.88. The first-order chi connectivity index (χ1) is 2.00. The zero-order valence-corrected chi connectivity index (χ0v) is 7.18. The summed E-state index contributed by atoms with van der Waals surface area (Å²) >= 11 is 0. The third kappa shape index (κ3) is 94.7. The van der Waals surface area contributed by atoms with Crippen LogP contribution in [0.15, 0.2) is 0 Å². The molecular weight excluding hydrogens is 280 g/mol. The van der Waals surface area contributed by atoms with E-state index < -0.39 is 7.82 Å². The summed E-state index contributed by atoms with van der Waals surface area (Å²) in [5, 5.41) is 0. The molecule has 7 heavy (non-hydrogen) atoms. The Kier molecular flexibility index (Phi) is 12.9. The van der Waals surface area contributed by atoms with Crippen molar-refractivity contribution < 1.29 is 45.1 Å². The molecule has 0 saturated carbocycles. The quantitative estimate of drug-likeness (QED) is 0.371. The van der Waals surface area contributed by atoms with Gasteiger partial charge in [0.25, 0.3) is 0 Å². The molecule has 0 bridgehead atoms. The molecular formula is H4HfLiO4P. The summed E-state index contributed by atoms with van der Waals surface area (Å²) in [6.07, 6.45) is 0. The Hall–Kier alpha value is 1.58. The van der Waals surface area contributed by atoms with Gasteiger partial charge >= 0.3 is 26.7 Å². The molecule has 4 nitrogen and oxygen atoms in total. The molecule has 0 aromatic rings. The van der Waals surface area contributed by atoms with Crippen LogP contribution in [-0.4, -0.2) is 33.5 Å². The van der Waals surface area contributed by atoms with Crippen molar-refractivity contribution >= 4 is 26.7 Å². The van der Waals surface area contributed by atoms with E-state index >= 15 is 0 Å². The summed E-state index contributed by atoms with van der Waals surface area (Å²) in [5.41, 5.74) is 0. The van der Waals surface area contributed by atoms with Crippen molar-refractivity contribution in [3.05, 3.63) is 0 Å². The van der Waals surface area contributed by atoms with Gasteiger partial charge in [-0.2, -0.15) is 0 Å². The summed E-state index contributed by atoms with van der Waals surface area (Å²) in [6.45, 7) is 0. The van der Waals surface area contributed by atoms with Crippen molar-refractivity contribution in [2.45, 2.75) is 0 Å². The molecule has 0 atom stereocenters. The van der Waals surface area contributed by atoms with E-state index in [-0.39, 0.29) is 44.7 Å². The molecule has 0 aliphatic carbocycles. The molecule has 0 spiro atoms. The molecule has 0 radical (unpaired) electrons. The van der Waals surface area contributed by atoms with Gasteiger partial charge < -0.3 is 14.7 Å². The van der Waals surface area contributed by atoms with E-state index in [1.54, 1.807) is 0 Å². The number of rotatable bonds is 0. The fraction of sp³-hybridized carbons (Fsp3) is 0. The second kappa shape index (κ2) is 5.71. The van der Waals surface area contributed by atoms with Crippen molar-refractivity contribution in [3.8, 4) is 0 Å². The molecule has 0 rings (SSSR count). The fourth-order valence-electron chi connectivity index (χ4n) is 0. The minimum atomic E-state index is -4.64. The van der Waals surface area contributed by atoms with Crippen LogP contribution < -0.4 is 0 Å². The average Bonchev–Trinajstić information content (AvgIpc) is 0.722. The van der Waals surface area contributed by atoms with Gasteiger partial charge in [-0.05, 0) is 0 Å². The Morgan fingerprint density at radius 1 is 1.14 bits per heavy atom. The molecule has 0 unspecified atom stereocenters. The third-order valence-corrected chi connectivity index (χ3v) is 0. The Labute approximate surface area is 71.5 Å². The molecule has 0 saturated heterocycles. The van der Waals surface area contributed by atoms with Gasteiger partial charge in [-0.25, -0.2) is 4.57 Å². The monoisotopic (exact) mass is 286 g/mol. The van der Waals surface area contributed by atoms with E-state index in [9.17, 15) is 0 Å². The van der Waals surface area contributed by atoms with E-state index in [1.807, 2.05) is 0 Å². The number of phosphoric acid groups is 1. The average molecular weight is 284 g/mol. The van der Waals surface area contributed by atoms with E-state index in [1.165, 1.54) is 0 Å². The molecule has 0 amide bonds. The summed E-state index contributed by atoms with van der Waals surface area (Å²) < 4.78 is 8.88. The van der Waals surface area contributed by atoms with Gasteiger partial charge in [-0.15, -0.1) is 0 Å². The molecule has 0 heterocycles. The first-order valence-electron chi connectivity index (χ1n) is 0.783. The summed E-state index contributed by atoms with van der Waals surface area (Å²) in [7, 11) is -4.64. The van der Waals surface area contributed by atoms with Gasteiger partial charge in [0.2, 0.25) is 0 Å². The number of hydrogen-bond acceptors (Lipinski definition) is 1. The van der Waals surface area contributed by atoms with Gasteiger partial charge in [-0.3, -0.25) is 0 Å². The van der Waals surface area contributed by atoms with Crippen molar-refractivity contribution in [2.24, 2.45) is 0 Å². The molecule has 38 valence electrons. The second-order valence-corrected chi connectivity index (χ2v) is 1.54. The van der Waals surface area contributed by atoms with Crippen LogP contribution in [0.25, 0.3) is 0 Å². The van der Waals surface area contributed by atoms with E-state index in [4.69, 9.17) is 19.2 Å². The Morgan fingerprint density at radius 2 is 1.14 bits per heavy atom. The first kappa shape index (κ1) is 15.8. The van der Waals surface area contributed by atoms with Crippen LogP contribution in [0.5, 0.6) is 0 Å². The maximum absolute atomic E-state index is 8.88. The van der Waals surface area contributed by atoms with Crippen LogP contribution in [0.2, 0.25) is 0 Å². The molecule has 0 aromatic heterocycles. The standard InChI is InChI=1S/Hf.Li.H3O4P.H/c;;1-5(2,3)4;/h;;(H3,1,2,3,4);. The zero-order chi connectivity index (χ0) is 4.50. The van der Waals surface area contributed by atoms with Crippen LogP contribution >= 0.6 is 7.82 Å². The van der Waals surface area contributed by atoms with Gasteiger partial charge in [0.1, 0.15) is 0 Å². The molecule has 3 N–H and O–H groups in total. The van der Waals surface area contributed by atoms with Crippen molar-refractivity contribution in [3.63, 3.8) is 0 Å². The summed E-state index contributed by atoms with van der Waals surface area (Å²) in [4.78, 5) is 21.6. The Morgan fingerprint density at radius 3 is 1.14 bits per heavy atom. The van der Waals surface area contributed by atoms with Crippen LogP contribution in [0, 0.1) is 0 Å². The van der Waals surface area contributed by atoms with Gasteiger partial charge in [-0.1, -0.05) is 0 Å². The van der Waals surface area contributed by atoms with Gasteiger partial charge in [0, 0.05) is 25.8 Å². The number of hydrogen-bond donors (Lipinski definition) is 3. The third-order valence-electron chi connectivity index (χ3n) is 0. The first-order valence-corrected chi connectivity index (χ1v) is 2.35. The zero-order valence-electron chi connectivity index (χ0n) is 2.70. The molecule has 0 fully saturated rings. The van der Waals surface area contributed by atoms with Crippen LogP contribution in [0.3, 0.4) is 0 Å². The van der Waals surface area contributed by atoms with Crippen LogP contribution in [0.4, 0.5) is 0 Å². The van der Waals surface area contributed by atoms with Crippen molar-refractivity contribution in [1.29, 1.82) is 0 Å². The summed E-state index contributed by atoms with van der Waals surface area (Å²) in [5.74, 6) is 0. The molecule has 0 aromatic carbocycles. The Balaban J connectivity index is -0.0000000800. The van der Waals surface area contributed by atoms with Gasteiger partial charge in [0.15, 0.2) is 0 Å². The van der Waals surface area contributed by atoms with E-state index in [2.05, 4.69) is 0 Å². The van der Waals surface area contributed by atoms with Crippen LogP contribution in [-0.2, 0) is 30.4 Å². The SMILES string of the molecule is O=P(O)(O)O.[Hf].[LiH].